The summed E-state index contributed by atoms with van der Waals surface area (Å²) in [6, 6.07) is 5.44. The molecule has 4 heteroatoms. The molecule has 0 unspecified atom stereocenters. The minimum Gasteiger partial charge on any atom is -0.493 e. The van der Waals surface area contributed by atoms with E-state index in [1.165, 1.54) is 7.11 Å². The number of ether oxygens (including phenoxy) is 1. The largest absolute Gasteiger partial charge is 0.493 e. The first-order valence-electron chi connectivity index (χ1n) is 5.69. The van der Waals surface area contributed by atoms with E-state index in [1.807, 2.05) is 32.9 Å². The van der Waals surface area contributed by atoms with Gasteiger partial charge in [0.1, 0.15) is 0 Å². The molecule has 96 valence electrons. The van der Waals surface area contributed by atoms with Crippen LogP contribution in [0.2, 0.25) is 0 Å². The molecule has 0 aliphatic rings. The topological polar surface area (TPSA) is 59.7 Å². The number of methoxy groups -OCH3 is 1. The second-order valence-corrected chi connectivity index (χ2v) is 5.20. The molecule has 1 aromatic heterocycles. The molecule has 0 saturated heterocycles. The van der Waals surface area contributed by atoms with Crippen LogP contribution in [0.5, 0.6) is 5.75 Å². The summed E-state index contributed by atoms with van der Waals surface area (Å²) in [6.45, 7) is 5.88. The Hall–Kier alpha value is -1.97. The summed E-state index contributed by atoms with van der Waals surface area (Å²) in [5.74, 6) is -0.523. The van der Waals surface area contributed by atoms with Crippen molar-refractivity contribution in [2.75, 3.05) is 7.11 Å². The molecule has 1 heterocycles. The van der Waals surface area contributed by atoms with Gasteiger partial charge in [-0.3, -0.25) is 0 Å². The molecule has 1 aromatic carbocycles. The number of fused-ring (bicyclic) bond motifs is 1. The van der Waals surface area contributed by atoms with Gasteiger partial charge in [0.2, 0.25) is 5.76 Å². The molecule has 0 amide bonds. The van der Waals surface area contributed by atoms with Crippen LogP contribution in [0.1, 0.15) is 36.9 Å². The van der Waals surface area contributed by atoms with Gasteiger partial charge >= 0.3 is 5.97 Å². The molecule has 0 aliphatic carbocycles. The van der Waals surface area contributed by atoms with E-state index in [9.17, 15) is 9.90 Å². The highest BCUT2D eigenvalue weighted by Crippen LogP contribution is 2.39. The second kappa shape index (κ2) is 4.05. The Morgan fingerprint density at radius 2 is 2.00 bits per heavy atom. The summed E-state index contributed by atoms with van der Waals surface area (Å²) in [5, 5.41) is 10.1. The van der Waals surface area contributed by atoms with Crippen molar-refractivity contribution < 1.29 is 19.1 Å². The Morgan fingerprint density at radius 1 is 1.33 bits per heavy atom. The zero-order chi connectivity index (χ0) is 13.5. The molecule has 18 heavy (non-hydrogen) atoms. The van der Waals surface area contributed by atoms with Crippen LogP contribution in [0.15, 0.2) is 22.6 Å². The maximum absolute atomic E-state index is 11.3. The van der Waals surface area contributed by atoms with Crippen molar-refractivity contribution >= 4 is 16.9 Å². The number of furan rings is 1. The van der Waals surface area contributed by atoms with Crippen molar-refractivity contribution in [3.05, 3.63) is 29.5 Å². The number of carboxylic acid groups (broad SMARTS) is 1. The molecule has 1 N–H and O–H groups in total. The van der Waals surface area contributed by atoms with Crippen LogP contribution in [-0.4, -0.2) is 18.2 Å². The fraction of sp³-hybridized carbons (Fsp3) is 0.357. The number of rotatable bonds is 2. The van der Waals surface area contributed by atoms with Crippen LogP contribution in [0.4, 0.5) is 0 Å². The van der Waals surface area contributed by atoms with Crippen molar-refractivity contribution in [3.8, 4) is 5.75 Å². The third-order valence-electron chi connectivity index (χ3n) is 2.84. The van der Waals surface area contributed by atoms with Gasteiger partial charge in [0.05, 0.1) is 7.11 Å². The smallest absolute Gasteiger partial charge is 0.372 e. The highest BCUT2D eigenvalue weighted by molar-refractivity contribution is 5.97. The molecular weight excluding hydrogens is 232 g/mol. The minimum absolute atomic E-state index is 0.0120. The molecule has 0 aliphatic heterocycles. The molecule has 0 fully saturated rings. The van der Waals surface area contributed by atoms with Crippen molar-refractivity contribution in [1.82, 2.24) is 0 Å². The van der Waals surface area contributed by atoms with E-state index < -0.39 is 5.97 Å². The van der Waals surface area contributed by atoms with E-state index in [2.05, 4.69) is 0 Å². The fourth-order valence-corrected chi connectivity index (χ4v) is 2.15. The molecule has 2 aromatic rings. The van der Waals surface area contributed by atoms with Crippen molar-refractivity contribution in [2.24, 2.45) is 0 Å². The van der Waals surface area contributed by atoms with Gasteiger partial charge in [-0.2, -0.15) is 0 Å². The Labute approximate surface area is 105 Å². The highest BCUT2D eigenvalue weighted by Gasteiger charge is 2.29. The van der Waals surface area contributed by atoms with Crippen LogP contribution in [-0.2, 0) is 5.41 Å². The van der Waals surface area contributed by atoms with Crippen molar-refractivity contribution in [2.45, 2.75) is 26.2 Å². The van der Waals surface area contributed by atoms with Crippen LogP contribution < -0.4 is 4.74 Å². The van der Waals surface area contributed by atoms with Crippen LogP contribution in [0, 0.1) is 0 Å². The molecular formula is C14H16O4. The second-order valence-electron chi connectivity index (χ2n) is 5.20. The van der Waals surface area contributed by atoms with Gasteiger partial charge in [-0.25, -0.2) is 4.79 Å². The standard InChI is InChI=1S/C14H16O4/c1-14(2,3)10-8-6-5-7-9(17-4)11(8)18-12(10)13(15)16/h5-7H,1-4H3,(H,15,16). The number of carbonyl (C=O) groups is 1. The van der Waals surface area contributed by atoms with Gasteiger partial charge in [0.25, 0.3) is 0 Å². The quantitative estimate of drug-likeness (QED) is 0.884. The predicted molar refractivity (Wildman–Crippen MR) is 68.4 cm³/mol. The highest BCUT2D eigenvalue weighted by atomic mass is 16.5. The lowest BCUT2D eigenvalue weighted by molar-refractivity contribution is 0.0661. The SMILES string of the molecule is COc1cccc2c(C(C)(C)C)c(C(=O)O)oc12. The number of para-hydroxylation sites is 1. The number of hydrogen-bond donors (Lipinski definition) is 1. The number of benzene rings is 1. The third kappa shape index (κ3) is 1.83. The summed E-state index contributed by atoms with van der Waals surface area (Å²) in [5.41, 5.74) is 0.872. The molecule has 0 radical (unpaired) electrons. The molecule has 0 saturated carbocycles. The summed E-state index contributed by atoms with van der Waals surface area (Å²) in [7, 11) is 1.54. The van der Waals surface area contributed by atoms with Gasteiger partial charge in [-0.1, -0.05) is 32.9 Å². The first kappa shape index (κ1) is 12.5. The number of hydrogen-bond acceptors (Lipinski definition) is 3. The van der Waals surface area contributed by atoms with Crippen LogP contribution in [0.25, 0.3) is 11.0 Å². The van der Waals surface area contributed by atoms with Gasteiger partial charge in [0.15, 0.2) is 11.3 Å². The lowest BCUT2D eigenvalue weighted by Crippen LogP contribution is -2.15. The molecule has 2 rings (SSSR count). The lowest BCUT2D eigenvalue weighted by atomic mass is 9.85. The van der Waals surface area contributed by atoms with E-state index in [-0.39, 0.29) is 11.2 Å². The molecule has 4 nitrogen and oxygen atoms in total. The zero-order valence-electron chi connectivity index (χ0n) is 10.9. The Bertz CT molecular complexity index is 602. The monoisotopic (exact) mass is 248 g/mol. The van der Waals surface area contributed by atoms with Gasteiger partial charge in [-0.15, -0.1) is 0 Å². The molecule has 0 spiro atoms. The van der Waals surface area contributed by atoms with E-state index in [4.69, 9.17) is 9.15 Å². The molecule has 0 atom stereocenters. The zero-order valence-corrected chi connectivity index (χ0v) is 10.9. The average molecular weight is 248 g/mol. The summed E-state index contributed by atoms with van der Waals surface area (Å²) in [6.07, 6.45) is 0. The number of aromatic carboxylic acids is 1. The van der Waals surface area contributed by atoms with Crippen molar-refractivity contribution in [1.29, 1.82) is 0 Å². The summed E-state index contributed by atoms with van der Waals surface area (Å²) in [4.78, 5) is 11.3. The normalized spacial score (nSPS) is 11.8. The summed E-state index contributed by atoms with van der Waals surface area (Å²) < 4.78 is 10.7. The van der Waals surface area contributed by atoms with Gasteiger partial charge in [0, 0.05) is 10.9 Å². The minimum atomic E-state index is -1.06. The lowest BCUT2D eigenvalue weighted by Gasteiger charge is -2.17. The van der Waals surface area contributed by atoms with E-state index >= 15 is 0 Å². The Balaban J connectivity index is 2.89. The Kier molecular flexibility index (Phi) is 2.81. The maximum atomic E-state index is 11.3. The number of carboxylic acids is 1. The van der Waals surface area contributed by atoms with Crippen molar-refractivity contribution in [3.63, 3.8) is 0 Å². The van der Waals surface area contributed by atoms with Gasteiger partial charge < -0.3 is 14.3 Å². The third-order valence-corrected chi connectivity index (χ3v) is 2.84. The average Bonchev–Trinajstić information content (AvgIpc) is 2.67. The predicted octanol–water partition coefficient (Wildman–Crippen LogP) is 3.44. The van der Waals surface area contributed by atoms with E-state index in [0.29, 0.717) is 16.9 Å². The Morgan fingerprint density at radius 3 is 2.50 bits per heavy atom. The first-order chi connectivity index (χ1) is 8.36. The van der Waals surface area contributed by atoms with E-state index in [1.54, 1.807) is 6.07 Å². The maximum Gasteiger partial charge on any atom is 0.372 e. The van der Waals surface area contributed by atoms with E-state index in [0.717, 1.165) is 5.39 Å². The van der Waals surface area contributed by atoms with Gasteiger partial charge in [-0.05, 0) is 11.5 Å². The fourth-order valence-electron chi connectivity index (χ4n) is 2.15. The van der Waals surface area contributed by atoms with Crippen LogP contribution in [0.3, 0.4) is 0 Å². The van der Waals surface area contributed by atoms with Crippen LogP contribution >= 0.6 is 0 Å². The first-order valence-corrected chi connectivity index (χ1v) is 5.69. The molecule has 0 bridgehead atoms. The summed E-state index contributed by atoms with van der Waals surface area (Å²) >= 11 is 0.